The van der Waals surface area contributed by atoms with Gasteiger partial charge in [-0.05, 0) is 37.5 Å². The summed E-state index contributed by atoms with van der Waals surface area (Å²) in [5.74, 6) is 0. The summed E-state index contributed by atoms with van der Waals surface area (Å²) < 4.78 is 5.49. The molecular weight excluding hydrogens is 250 g/mol. The van der Waals surface area contributed by atoms with Crippen molar-refractivity contribution in [3.63, 3.8) is 0 Å². The molecule has 1 aromatic rings. The van der Waals surface area contributed by atoms with E-state index in [1.165, 1.54) is 11.1 Å². The summed E-state index contributed by atoms with van der Waals surface area (Å²) in [5.41, 5.74) is 3.45. The Labute approximate surface area is 113 Å². The van der Waals surface area contributed by atoms with Gasteiger partial charge in [0.2, 0.25) is 0 Å². The Hall–Kier alpha value is -0.770. The molecule has 1 aliphatic rings. The molecule has 0 spiro atoms. The van der Waals surface area contributed by atoms with Crippen LogP contribution in [0.1, 0.15) is 17.5 Å². The van der Waals surface area contributed by atoms with Crippen molar-refractivity contribution in [2.75, 3.05) is 31.3 Å². The van der Waals surface area contributed by atoms with Crippen molar-refractivity contribution in [3.8, 4) is 0 Å². The quantitative estimate of drug-likeness (QED) is 0.915. The minimum Gasteiger partial charge on any atom is -0.396 e. The average molecular weight is 270 g/mol. The maximum atomic E-state index is 9.15. The van der Waals surface area contributed by atoms with Crippen molar-refractivity contribution < 1.29 is 9.84 Å². The van der Waals surface area contributed by atoms with Gasteiger partial charge in [-0.15, -0.1) is 0 Å². The van der Waals surface area contributed by atoms with E-state index in [4.69, 9.17) is 21.4 Å². The third-order valence-electron chi connectivity index (χ3n) is 3.38. The van der Waals surface area contributed by atoms with Gasteiger partial charge in [-0.25, -0.2) is 0 Å². The molecule has 0 radical (unpaired) electrons. The third kappa shape index (κ3) is 2.79. The standard InChI is InChI=1S/C14H20ClNO2/c1-10-7-11(2)14(13(15)8-10)16-4-6-18-9-12(16)3-5-17/h7-8,12,17H,3-6,9H2,1-2H3. The van der Waals surface area contributed by atoms with E-state index in [-0.39, 0.29) is 12.6 Å². The third-order valence-corrected chi connectivity index (χ3v) is 3.66. The van der Waals surface area contributed by atoms with Crippen LogP contribution in [0.2, 0.25) is 5.02 Å². The molecule has 0 saturated carbocycles. The predicted molar refractivity (Wildman–Crippen MR) is 74.6 cm³/mol. The van der Waals surface area contributed by atoms with Crippen LogP contribution in [0, 0.1) is 13.8 Å². The lowest BCUT2D eigenvalue weighted by molar-refractivity contribution is 0.0849. The number of benzene rings is 1. The fourth-order valence-electron chi connectivity index (χ4n) is 2.61. The van der Waals surface area contributed by atoms with Gasteiger partial charge in [0.1, 0.15) is 0 Å². The van der Waals surface area contributed by atoms with Gasteiger partial charge in [0.25, 0.3) is 0 Å². The number of anilines is 1. The van der Waals surface area contributed by atoms with Crippen LogP contribution >= 0.6 is 11.6 Å². The zero-order valence-electron chi connectivity index (χ0n) is 10.9. The largest absolute Gasteiger partial charge is 0.396 e. The molecule has 1 aliphatic heterocycles. The predicted octanol–water partition coefficient (Wildman–Crippen LogP) is 2.54. The van der Waals surface area contributed by atoms with Gasteiger partial charge >= 0.3 is 0 Å². The van der Waals surface area contributed by atoms with Crippen molar-refractivity contribution in [1.29, 1.82) is 0 Å². The molecule has 4 heteroatoms. The van der Waals surface area contributed by atoms with Gasteiger partial charge in [-0.1, -0.05) is 17.7 Å². The number of hydrogen-bond acceptors (Lipinski definition) is 3. The lowest BCUT2D eigenvalue weighted by atomic mass is 10.1. The van der Waals surface area contributed by atoms with E-state index < -0.39 is 0 Å². The Morgan fingerprint density at radius 1 is 1.44 bits per heavy atom. The number of ether oxygens (including phenoxy) is 1. The molecular formula is C14H20ClNO2. The summed E-state index contributed by atoms with van der Waals surface area (Å²) in [4.78, 5) is 2.27. The van der Waals surface area contributed by atoms with Gasteiger partial charge in [0, 0.05) is 13.2 Å². The van der Waals surface area contributed by atoms with Gasteiger partial charge in [-0.3, -0.25) is 0 Å². The SMILES string of the molecule is Cc1cc(C)c(N2CCOCC2CCO)c(Cl)c1. The Morgan fingerprint density at radius 2 is 2.22 bits per heavy atom. The highest BCUT2D eigenvalue weighted by molar-refractivity contribution is 6.33. The summed E-state index contributed by atoms with van der Waals surface area (Å²) in [5, 5.41) is 9.94. The molecule has 2 rings (SSSR count). The second-order valence-corrected chi connectivity index (χ2v) is 5.25. The number of nitrogens with zero attached hydrogens (tertiary/aromatic N) is 1. The maximum absolute atomic E-state index is 9.15. The van der Waals surface area contributed by atoms with Crippen molar-refractivity contribution in [3.05, 3.63) is 28.3 Å². The van der Waals surface area contributed by atoms with Crippen LogP contribution in [-0.2, 0) is 4.74 Å². The second kappa shape index (κ2) is 5.91. The Balaban J connectivity index is 2.33. The smallest absolute Gasteiger partial charge is 0.0671 e. The van der Waals surface area contributed by atoms with E-state index in [2.05, 4.69) is 17.9 Å². The number of aryl methyl sites for hydroxylation is 2. The number of aliphatic hydroxyl groups is 1. The zero-order chi connectivity index (χ0) is 13.1. The van der Waals surface area contributed by atoms with Crippen molar-refractivity contribution >= 4 is 17.3 Å². The highest BCUT2D eigenvalue weighted by Gasteiger charge is 2.25. The summed E-state index contributed by atoms with van der Waals surface area (Å²) >= 11 is 6.39. The summed E-state index contributed by atoms with van der Waals surface area (Å²) in [7, 11) is 0. The van der Waals surface area contributed by atoms with Gasteiger partial charge in [0.15, 0.2) is 0 Å². The first-order chi connectivity index (χ1) is 8.63. The molecule has 18 heavy (non-hydrogen) atoms. The molecule has 1 atom stereocenters. The minimum absolute atomic E-state index is 0.174. The van der Waals surface area contributed by atoms with Crippen LogP contribution in [0.5, 0.6) is 0 Å². The van der Waals surface area contributed by atoms with E-state index in [0.29, 0.717) is 19.6 Å². The van der Waals surface area contributed by atoms with Crippen LogP contribution in [0.3, 0.4) is 0 Å². The van der Waals surface area contributed by atoms with E-state index in [1.807, 2.05) is 13.0 Å². The highest BCUT2D eigenvalue weighted by atomic mass is 35.5. The zero-order valence-corrected chi connectivity index (χ0v) is 11.7. The van der Waals surface area contributed by atoms with Crippen LogP contribution in [0.15, 0.2) is 12.1 Å². The Bertz CT molecular complexity index is 397. The molecule has 1 N–H and O–H groups in total. The number of morpholine rings is 1. The normalized spacial score (nSPS) is 20.2. The molecule has 0 aromatic heterocycles. The lowest BCUT2D eigenvalue weighted by Gasteiger charge is -2.38. The van der Waals surface area contributed by atoms with Crippen molar-refractivity contribution in [2.24, 2.45) is 0 Å². The number of aliphatic hydroxyl groups excluding tert-OH is 1. The molecule has 0 amide bonds. The fourth-order valence-corrected chi connectivity index (χ4v) is 3.04. The van der Waals surface area contributed by atoms with Crippen LogP contribution < -0.4 is 4.90 Å². The first-order valence-electron chi connectivity index (χ1n) is 6.35. The summed E-state index contributed by atoms with van der Waals surface area (Å²) in [6.07, 6.45) is 0.712. The molecule has 100 valence electrons. The van der Waals surface area contributed by atoms with E-state index in [9.17, 15) is 0 Å². The lowest BCUT2D eigenvalue weighted by Crippen LogP contribution is -2.46. The van der Waals surface area contributed by atoms with Crippen molar-refractivity contribution in [2.45, 2.75) is 26.3 Å². The Kier molecular flexibility index (Phi) is 4.49. The van der Waals surface area contributed by atoms with E-state index in [0.717, 1.165) is 17.3 Å². The maximum Gasteiger partial charge on any atom is 0.0671 e. The monoisotopic (exact) mass is 269 g/mol. The Morgan fingerprint density at radius 3 is 2.89 bits per heavy atom. The molecule has 1 unspecified atom stereocenters. The topological polar surface area (TPSA) is 32.7 Å². The van der Waals surface area contributed by atoms with E-state index >= 15 is 0 Å². The van der Waals surface area contributed by atoms with E-state index in [1.54, 1.807) is 0 Å². The molecule has 3 nitrogen and oxygen atoms in total. The first-order valence-corrected chi connectivity index (χ1v) is 6.73. The summed E-state index contributed by atoms with van der Waals surface area (Å²) in [6.45, 7) is 6.50. The molecule has 1 aromatic carbocycles. The molecule has 1 fully saturated rings. The van der Waals surface area contributed by atoms with Gasteiger partial charge < -0.3 is 14.7 Å². The number of hydrogen-bond donors (Lipinski definition) is 1. The van der Waals surface area contributed by atoms with Crippen LogP contribution in [0.25, 0.3) is 0 Å². The molecule has 0 aliphatic carbocycles. The molecule has 0 bridgehead atoms. The number of rotatable bonds is 3. The van der Waals surface area contributed by atoms with Crippen LogP contribution in [0.4, 0.5) is 5.69 Å². The first kappa shape index (κ1) is 13.7. The number of halogens is 1. The average Bonchev–Trinajstić information content (AvgIpc) is 2.30. The van der Waals surface area contributed by atoms with Crippen LogP contribution in [-0.4, -0.2) is 37.5 Å². The molecule has 1 saturated heterocycles. The fraction of sp³-hybridized carbons (Fsp3) is 0.571. The highest BCUT2D eigenvalue weighted by Crippen LogP contribution is 2.33. The van der Waals surface area contributed by atoms with Gasteiger partial charge in [0.05, 0.1) is 30.0 Å². The summed E-state index contributed by atoms with van der Waals surface area (Å²) in [6, 6.07) is 4.35. The minimum atomic E-state index is 0.174. The van der Waals surface area contributed by atoms with Crippen molar-refractivity contribution in [1.82, 2.24) is 0 Å². The van der Waals surface area contributed by atoms with Gasteiger partial charge in [-0.2, -0.15) is 0 Å². The second-order valence-electron chi connectivity index (χ2n) is 4.85. The molecule has 1 heterocycles.